The SMILES string of the molecule is CCCN(CCCOc1ccccc1)CC1CCNCC1. The third kappa shape index (κ3) is 6.49. The normalized spacial score (nSPS) is 16.3. The third-order valence-corrected chi connectivity index (χ3v) is 4.15. The maximum atomic E-state index is 5.79. The Morgan fingerprint density at radius 2 is 1.90 bits per heavy atom. The lowest BCUT2D eigenvalue weighted by molar-refractivity contribution is 0.189. The van der Waals surface area contributed by atoms with Gasteiger partial charge in [0.05, 0.1) is 6.61 Å². The highest BCUT2D eigenvalue weighted by Crippen LogP contribution is 2.14. The highest BCUT2D eigenvalue weighted by molar-refractivity contribution is 5.20. The molecule has 1 aromatic rings. The molecule has 1 fully saturated rings. The summed E-state index contributed by atoms with van der Waals surface area (Å²) >= 11 is 0. The zero-order valence-corrected chi connectivity index (χ0v) is 13.4. The molecule has 0 unspecified atom stereocenters. The second-order valence-electron chi connectivity index (χ2n) is 6.01. The molecule has 0 spiro atoms. The molecule has 1 aromatic carbocycles. The summed E-state index contributed by atoms with van der Waals surface area (Å²) in [6.45, 7) is 9.12. The minimum absolute atomic E-state index is 0.816. The van der Waals surface area contributed by atoms with E-state index in [1.165, 1.54) is 45.4 Å². The van der Waals surface area contributed by atoms with Gasteiger partial charge in [0.1, 0.15) is 5.75 Å². The first-order valence-corrected chi connectivity index (χ1v) is 8.49. The molecule has 0 aliphatic carbocycles. The predicted octanol–water partition coefficient (Wildman–Crippen LogP) is 3.17. The van der Waals surface area contributed by atoms with Crippen LogP contribution in [0.4, 0.5) is 0 Å². The van der Waals surface area contributed by atoms with Gasteiger partial charge in [-0.2, -0.15) is 0 Å². The number of hydrogen-bond acceptors (Lipinski definition) is 3. The van der Waals surface area contributed by atoms with Crippen LogP contribution in [0.5, 0.6) is 5.75 Å². The molecule has 1 N–H and O–H groups in total. The molecular weight excluding hydrogens is 260 g/mol. The van der Waals surface area contributed by atoms with Crippen molar-refractivity contribution in [3.05, 3.63) is 30.3 Å². The Morgan fingerprint density at radius 3 is 2.62 bits per heavy atom. The predicted molar refractivity (Wildman–Crippen MR) is 88.9 cm³/mol. The molecule has 1 saturated heterocycles. The Kier molecular flexibility index (Phi) is 7.61. The molecule has 1 heterocycles. The average molecular weight is 290 g/mol. The Balaban J connectivity index is 1.64. The van der Waals surface area contributed by atoms with Crippen LogP contribution >= 0.6 is 0 Å². The summed E-state index contributed by atoms with van der Waals surface area (Å²) in [5, 5.41) is 3.45. The molecule has 1 aliphatic rings. The average Bonchev–Trinajstić information content (AvgIpc) is 2.54. The van der Waals surface area contributed by atoms with Gasteiger partial charge in [-0.3, -0.25) is 0 Å². The van der Waals surface area contributed by atoms with E-state index in [0.29, 0.717) is 0 Å². The summed E-state index contributed by atoms with van der Waals surface area (Å²) in [6, 6.07) is 10.1. The number of nitrogens with one attached hydrogen (secondary N) is 1. The largest absolute Gasteiger partial charge is 0.494 e. The maximum absolute atomic E-state index is 5.79. The van der Waals surface area contributed by atoms with E-state index in [0.717, 1.165) is 31.2 Å². The van der Waals surface area contributed by atoms with Crippen molar-refractivity contribution >= 4 is 0 Å². The topological polar surface area (TPSA) is 24.5 Å². The third-order valence-electron chi connectivity index (χ3n) is 4.15. The standard InChI is InChI=1S/C18H30N2O/c1-2-13-20(16-17-9-11-19-12-10-17)14-6-15-21-18-7-4-3-5-8-18/h3-5,7-8,17,19H,2,6,9-16H2,1H3. The van der Waals surface area contributed by atoms with Crippen LogP contribution < -0.4 is 10.1 Å². The quantitative estimate of drug-likeness (QED) is 0.707. The van der Waals surface area contributed by atoms with Crippen LogP contribution in [-0.2, 0) is 0 Å². The Morgan fingerprint density at radius 1 is 1.14 bits per heavy atom. The molecule has 0 aromatic heterocycles. The number of nitrogens with zero attached hydrogens (tertiary/aromatic N) is 1. The van der Waals surface area contributed by atoms with E-state index in [1.807, 2.05) is 30.3 Å². The van der Waals surface area contributed by atoms with Gasteiger partial charge < -0.3 is 15.0 Å². The lowest BCUT2D eigenvalue weighted by Gasteiger charge is -2.30. The van der Waals surface area contributed by atoms with Gasteiger partial charge in [0.25, 0.3) is 0 Å². The molecule has 2 rings (SSSR count). The number of benzene rings is 1. The second kappa shape index (κ2) is 9.80. The lowest BCUT2D eigenvalue weighted by atomic mass is 9.97. The molecule has 0 atom stereocenters. The van der Waals surface area contributed by atoms with Crippen LogP contribution in [0.15, 0.2) is 30.3 Å². The van der Waals surface area contributed by atoms with Crippen LogP contribution in [0, 0.1) is 5.92 Å². The van der Waals surface area contributed by atoms with E-state index < -0.39 is 0 Å². The highest BCUT2D eigenvalue weighted by atomic mass is 16.5. The van der Waals surface area contributed by atoms with Crippen LogP contribution in [0.1, 0.15) is 32.6 Å². The lowest BCUT2D eigenvalue weighted by Crippen LogP contribution is -2.37. The Labute approximate surface area is 129 Å². The number of para-hydroxylation sites is 1. The molecule has 1 aliphatic heterocycles. The first kappa shape index (κ1) is 16.3. The van der Waals surface area contributed by atoms with Crippen molar-refractivity contribution in [2.24, 2.45) is 5.92 Å². The fraction of sp³-hybridized carbons (Fsp3) is 0.667. The van der Waals surface area contributed by atoms with E-state index in [9.17, 15) is 0 Å². The summed E-state index contributed by atoms with van der Waals surface area (Å²) in [5.41, 5.74) is 0. The molecule has 0 bridgehead atoms. The fourth-order valence-electron chi connectivity index (χ4n) is 3.03. The molecule has 3 nitrogen and oxygen atoms in total. The molecular formula is C18H30N2O. The van der Waals surface area contributed by atoms with Crippen LogP contribution in [0.3, 0.4) is 0 Å². The van der Waals surface area contributed by atoms with Crippen molar-refractivity contribution in [1.29, 1.82) is 0 Å². The van der Waals surface area contributed by atoms with Gasteiger partial charge in [0.2, 0.25) is 0 Å². The monoisotopic (exact) mass is 290 g/mol. The summed E-state index contributed by atoms with van der Waals surface area (Å²) in [4.78, 5) is 2.63. The molecule has 118 valence electrons. The number of ether oxygens (including phenoxy) is 1. The second-order valence-corrected chi connectivity index (χ2v) is 6.01. The van der Waals surface area contributed by atoms with E-state index in [2.05, 4.69) is 17.1 Å². The zero-order chi connectivity index (χ0) is 14.8. The van der Waals surface area contributed by atoms with Gasteiger partial charge >= 0.3 is 0 Å². The van der Waals surface area contributed by atoms with Gasteiger partial charge in [0.15, 0.2) is 0 Å². The number of hydrogen-bond donors (Lipinski definition) is 1. The first-order valence-electron chi connectivity index (χ1n) is 8.49. The van der Waals surface area contributed by atoms with Crippen molar-refractivity contribution < 1.29 is 4.74 Å². The van der Waals surface area contributed by atoms with Gasteiger partial charge in [-0.15, -0.1) is 0 Å². The van der Waals surface area contributed by atoms with Crippen LogP contribution in [-0.4, -0.2) is 44.2 Å². The number of piperidine rings is 1. The minimum atomic E-state index is 0.816. The fourth-order valence-corrected chi connectivity index (χ4v) is 3.03. The minimum Gasteiger partial charge on any atom is -0.494 e. The van der Waals surface area contributed by atoms with Crippen molar-refractivity contribution in [2.75, 3.05) is 39.3 Å². The van der Waals surface area contributed by atoms with E-state index in [4.69, 9.17) is 4.74 Å². The number of rotatable bonds is 9. The summed E-state index contributed by atoms with van der Waals surface area (Å²) < 4.78 is 5.79. The van der Waals surface area contributed by atoms with Crippen molar-refractivity contribution in [1.82, 2.24) is 10.2 Å². The van der Waals surface area contributed by atoms with Crippen molar-refractivity contribution in [3.63, 3.8) is 0 Å². The van der Waals surface area contributed by atoms with Gasteiger partial charge in [-0.05, 0) is 63.4 Å². The summed E-state index contributed by atoms with van der Waals surface area (Å²) in [5.74, 6) is 1.87. The van der Waals surface area contributed by atoms with E-state index in [1.54, 1.807) is 0 Å². The molecule has 3 heteroatoms. The summed E-state index contributed by atoms with van der Waals surface area (Å²) in [7, 11) is 0. The Bertz CT molecular complexity index is 363. The Hall–Kier alpha value is -1.06. The van der Waals surface area contributed by atoms with Gasteiger partial charge in [0, 0.05) is 13.1 Å². The summed E-state index contributed by atoms with van der Waals surface area (Å²) in [6.07, 6.45) is 5.02. The van der Waals surface area contributed by atoms with Crippen molar-refractivity contribution in [2.45, 2.75) is 32.6 Å². The zero-order valence-electron chi connectivity index (χ0n) is 13.4. The molecule has 21 heavy (non-hydrogen) atoms. The molecule has 0 saturated carbocycles. The maximum Gasteiger partial charge on any atom is 0.119 e. The van der Waals surface area contributed by atoms with E-state index >= 15 is 0 Å². The molecule has 0 radical (unpaired) electrons. The van der Waals surface area contributed by atoms with Crippen LogP contribution in [0.2, 0.25) is 0 Å². The van der Waals surface area contributed by atoms with Crippen molar-refractivity contribution in [3.8, 4) is 5.75 Å². The van der Waals surface area contributed by atoms with Crippen LogP contribution in [0.25, 0.3) is 0 Å². The molecule has 0 amide bonds. The van der Waals surface area contributed by atoms with Gasteiger partial charge in [-0.25, -0.2) is 0 Å². The van der Waals surface area contributed by atoms with Gasteiger partial charge in [-0.1, -0.05) is 25.1 Å². The smallest absolute Gasteiger partial charge is 0.119 e. The van der Waals surface area contributed by atoms with E-state index in [-0.39, 0.29) is 0 Å². The first-order chi connectivity index (χ1) is 10.4. The highest BCUT2D eigenvalue weighted by Gasteiger charge is 2.16.